The van der Waals surface area contributed by atoms with Crippen molar-refractivity contribution >= 4 is 27.5 Å². The van der Waals surface area contributed by atoms with E-state index < -0.39 is 0 Å². The van der Waals surface area contributed by atoms with Crippen molar-refractivity contribution in [3.05, 3.63) is 58.1 Å². The molecule has 21 heavy (non-hydrogen) atoms. The van der Waals surface area contributed by atoms with E-state index in [4.69, 9.17) is 10.5 Å². The van der Waals surface area contributed by atoms with Crippen molar-refractivity contribution in [3.8, 4) is 5.75 Å². The number of para-hydroxylation sites is 1. The van der Waals surface area contributed by atoms with Crippen LogP contribution in [0.15, 0.2) is 46.9 Å². The molecule has 2 aromatic carbocycles. The van der Waals surface area contributed by atoms with Crippen molar-refractivity contribution in [1.29, 1.82) is 0 Å². The van der Waals surface area contributed by atoms with Crippen LogP contribution in [0.1, 0.15) is 15.9 Å². The Labute approximate surface area is 131 Å². The molecule has 2 aromatic rings. The van der Waals surface area contributed by atoms with Crippen LogP contribution in [0.2, 0.25) is 0 Å². The fourth-order valence-electron chi connectivity index (χ4n) is 2.36. The molecule has 0 aromatic heterocycles. The Bertz CT molecular complexity index is 688. The number of carbonyl (C=O) groups excluding carboxylic acids is 1. The highest BCUT2D eigenvalue weighted by Gasteiger charge is 2.23. The van der Waals surface area contributed by atoms with Crippen molar-refractivity contribution in [2.45, 2.75) is 6.54 Å². The highest BCUT2D eigenvalue weighted by atomic mass is 79.9. The SMILES string of the molecule is Nc1ccc(CN2CCOc3ccccc3C2=O)c(Br)c1. The molecule has 0 spiro atoms. The van der Waals surface area contributed by atoms with Gasteiger partial charge in [-0.25, -0.2) is 0 Å². The third kappa shape index (κ3) is 2.88. The van der Waals surface area contributed by atoms with Gasteiger partial charge in [0, 0.05) is 16.7 Å². The number of amides is 1. The molecule has 1 amide bonds. The highest BCUT2D eigenvalue weighted by molar-refractivity contribution is 9.10. The maximum absolute atomic E-state index is 12.6. The van der Waals surface area contributed by atoms with Crippen LogP contribution in [0.4, 0.5) is 5.69 Å². The molecule has 1 heterocycles. The van der Waals surface area contributed by atoms with Crippen molar-refractivity contribution in [3.63, 3.8) is 0 Å². The van der Waals surface area contributed by atoms with Gasteiger partial charge in [-0.1, -0.05) is 34.1 Å². The zero-order valence-electron chi connectivity index (χ0n) is 11.4. The van der Waals surface area contributed by atoms with Crippen LogP contribution in [0, 0.1) is 0 Å². The van der Waals surface area contributed by atoms with E-state index in [2.05, 4.69) is 15.9 Å². The summed E-state index contributed by atoms with van der Waals surface area (Å²) >= 11 is 3.50. The number of hydrogen-bond acceptors (Lipinski definition) is 3. The zero-order chi connectivity index (χ0) is 14.8. The van der Waals surface area contributed by atoms with E-state index in [1.54, 1.807) is 11.0 Å². The maximum atomic E-state index is 12.6. The number of halogens is 1. The summed E-state index contributed by atoms with van der Waals surface area (Å²) in [6.07, 6.45) is 0. The van der Waals surface area contributed by atoms with E-state index in [0.29, 0.717) is 36.7 Å². The Morgan fingerprint density at radius 2 is 2.05 bits per heavy atom. The van der Waals surface area contributed by atoms with Gasteiger partial charge in [-0.05, 0) is 29.8 Å². The molecule has 0 unspecified atom stereocenters. The fourth-order valence-corrected chi connectivity index (χ4v) is 2.88. The standard InChI is InChI=1S/C16H15BrN2O2/c17-14-9-12(18)6-5-11(14)10-19-7-8-21-15-4-2-1-3-13(15)16(19)20/h1-6,9H,7-8,10,18H2. The van der Waals surface area contributed by atoms with Gasteiger partial charge in [-0.2, -0.15) is 0 Å². The highest BCUT2D eigenvalue weighted by Crippen LogP contribution is 2.26. The molecule has 0 bridgehead atoms. The summed E-state index contributed by atoms with van der Waals surface area (Å²) in [4.78, 5) is 14.4. The second-order valence-electron chi connectivity index (χ2n) is 4.92. The number of rotatable bonds is 2. The molecule has 0 saturated carbocycles. The van der Waals surface area contributed by atoms with Crippen LogP contribution in [0.3, 0.4) is 0 Å². The minimum absolute atomic E-state index is 0.00757. The van der Waals surface area contributed by atoms with Gasteiger partial charge in [0.05, 0.1) is 12.1 Å². The lowest BCUT2D eigenvalue weighted by molar-refractivity contribution is 0.0742. The van der Waals surface area contributed by atoms with Crippen LogP contribution in [0.5, 0.6) is 5.75 Å². The topological polar surface area (TPSA) is 55.6 Å². The van der Waals surface area contributed by atoms with Gasteiger partial charge in [0.1, 0.15) is 12.4 Å². The maximum Gasteiger partial charge on any atom is 0.258 e. The van der Waals surface area contributed by atoms with E-state index in [1.165, 1.54) is 0 Å². The van der Waals surface area contributed by atoms with Gasteiger partial charge < -0.3 is 15.4 Å². The van der Waals surface area contributed by atoms with Crippen LogP contribution in [-0.2, 0) is 6.54 Å². The Kier molecular flexibility index (Phi) is 3.84. The van der Waals surface area contributed by atoms with Crippen molar-refractivity contribution < 1.29 is 9.53 Å². The van der Waals surface area contributed by atoms with Gasteiger partial charge in [0.15, 0.2) is 0 Å². The molecule has 2 N–H and O–H groups in total. The van der Waals surface area contributed by atoms with E-state index >= 15 is 0 Å². The molecule has 1 aliphatic heterocycles. The largest absolute Gasteiger partial charge is 0.491 e. The molecule has 0 aliphatic carbocycles. The number of carbonyl (C=O) groups is 1. The van der Waals surface area contributed by atoms with Crippen LogP contribution < -0.4 is 10.5 Å². The number of ether oxygens (including phenoxy) is 1. The van der Waals surface area contributed by atoms with Crippen LogP contribution in [0.25, 0.3) is 0 Å². The van der Waals surface area contributed by atoms with E-state index in [-0.39, 0.29) is 5.91 Å². The summed E-state index contributed by atoms with van der Waals surface area (Å²) in [6, 6.07) is 13.0. The molecule has 3 rings (SSSR count). The third-order valence-electron chi connectivity index (χ3n) is 3.46. The van der Waals surface area contributed by atoms with Gasteiger partial charge in [0.25, 0.3) is 5.91 Å². The van der Waals surface area contributed by atoms with Gasteiger partial charge in [-0.15, -0.1) is 0 Å². The number of fused-ring (bicyclic) bond motifs is 1. The molecule has 0 saturated heterocycles. The molecule has 0 radical (unpaired) electrons. The molecular formula is C16H15BrN2O2. The summed E-state index contributed by atoms with van der Waals surface area (Å²) in [7, 11) is 0. The summed E-state index contributed by atoms with van der Waals surface area (Å²) in [5.41, 5.74) is 8.08. The number of benzene rings is 2. The number of nitrogens with zero attached hydrogens (tertiary/aromatic N) is 1. The summed E-state index contributed by atoms with van der Waals surface area (Å²) < 4.78 is 6.55. The number of hydrogen-bond donors (Lipinski definition) is 1. The zero-order valence-corrected chi connectivity index (χ0v) is 13.0. The minimum atomic E-state index is -0.00757. The third-order valence-corrected chi connectivity index (χ3v) is 4.20. The van der Waals surface area contributed by atoms with Crippen LogP contribution >= 0.6 is 15.9 Å². The lowest BCUT2D eigenvalue weighted by Crippen LogP contribution is -2.32. The predicted molar refractivity (Wildman–Crippen MR) is 85.2 cm³/mol. The van der Waals surface area contributed by atoms with E-state index in [0.717, 1.165) is 10.0 Å². The second-order valence-corrected chi connectivity index (χ2v) is 5.78. The molecule has 4 nitrogen and oxygen atoms in total. The first-order chi connectivity index (χ1) is 10.1. The average Bonchev–Trinajstić information content (AvgIpc) is 2.63. The number of nitrogens with two attached hydrogens (primary N) is 1. The molecule has 0 atom stereocenters. The Morgan fingerprint density at radius 3 is 2.86 bits per heavy atom. The monoisotopic (exact) mass is 346 g/mol. The average molecular weight is 347 g/mol. The Balaban J connectivity index is 1.87. The lowest BCUT2D eigenvalue weighted by Gasteiger charge is -2.20. The van der Waals surface area contributed by atoms with Crippen molar-refractivity contribution in [1.82, 2.24) is 4.90 Å². The smallest absolute Gasteiger partial charge is 0.258 e. The van der Waals surface area contributed by atoms with Gasteiger partial charge in [0.2, 0.25) is 0 Å². The number of nitrogen functional groups attached to an aromatic ring is 1. The van der Waals surface area contributed by atoms with Gasteiger partial charge in [-0.3, -0.25) is 4.79 Å². The van der Waals surface area contributed by atoms with Crippen molar-refractivity contribution in [2.24, 2.45) is 0 Å². The molecular weight excluding hydrogens is 332 g/mol. The van der Waals surface area contributed by atoms with E-state index in [1.807, 2.05) is 36.4 Å². The summed E-state index contributed by atoms with van der Waals surface area (Å²) in [5, 5.41) is 0. The van der Waals surface area contributed by atoms with Gasteiger partial charge >= 0.3 is 0 Å². The minimum Gasteiger partial charge on any atom is -0.491 e. The molecule has 1 aliphatic rings. The fraction of sp³-hybridized carbons (Fsp3) is 0.188. The lowest BCUT2D eigenvalue weighted by atomic mass is 10.1. The quantitative estimate of drug-likeness (QED) is 0.850. The molecule has 5 heteroatoms. The first-order valence-electron chi connectivity index (χ1n) is 6.70. The second kappa shape index (κ2) is 5.77. The molecule has 108 valence electrons. The summed E-state index contributed by atoms with van der Waals surface area (Å²) in [5.74, 6) is 0.646. The Morgan fingerprint density at radius 1 is 1.24 bits per heavy atom. The van der Waals surface area contributed by atoms with Crippen molar-refractivity contribution in [2.75, 3.05) is 18.9 Å². The predicted octanol–water partition coefficient (Wildman–Crippen LogP) is 3.07. The first kappa shape index (κ1) is 13.9. The normalized spacial score (nSPS) is 14.3. The summed E-state index contributed by atoms with van der Waals surface area (Å²) in [6.45, 7) is 1.58. The molecule has 0 fully saturated rings. The van der Waals surface area contributed by atoms with E-state index in [9.17, 15) is 4.79 Å². The van der Waals surface area contributed by atoms with Crippen LogP contribution in [-0.4, -0.2) is 24.0 Å². The Hall–Kier alpha value is -2.01. The first-order valence-corrected chi connectivity index (χ1v) is 7.49. The number of anilines is 1.